The number of nitrogens with zero attached hydrogens (tertiary/aromatic N) is 5. The molecule has 1 aliphatic heterocycles. The highest BCUT2D eigenvalue weighted by Crippen LogP contribution is 2.37. The van der Waals surface area contributed by atoms with Crippen molar-refractivity contribution in [2.45, 2.75) is 39.0 Å². The number of alkyl halides is 3. The summed E-state index contributed by atoms with van der Waals surface area (Å²) in [5, 5.41) is 8.92. The smallest absolute Gasteiger partial charge is 0.419 e. The molecular weight excluding hydrogens is 459 g/mol. The van der Waals surface area contributed by atoms with Crippen LogP contribution in [0.2, 0.25) is 0 Å². The van der Waals surface area contributed by atoms with Gasteiger partial charge in [-0.3, -0.25) is 9.69 Å². The summed E-state index contributed by atoms with van der Waals surface area (Å²) in [5.74, 6) is -1.13. The Morgan fingerprint density at radius 1 is 1.27 bits per heavy atom. The number of halogens is 3. The molecule has 0 aromatic carbocycles. The number of esters is 1. The number of amides is 1. The van der Waals surface area contributed by atoms with Gasteiger partial charge in [0, 0.05) is 12.7 Å². The van der Waals surface area contributed by atoms with Crippen LogP contribution in [0.3, 0.4) is 0 Å². The van der Waals surface area contributed by atoms with Crippen molar-refractivity contribution >= 4 is 34.9 Å². The molecule has 3 rings (SSSR count). The van der Waals surface area contributed by atoms with Crippen molar-refractivity contribution in [1.29, 1.82) is 5.26 Å². The van der Waals surface area contributed by atoms with Crippen LogP contribution >= 0.6 is 12.2 Å². The van der Waals surface area contributed by atoms with E-state index in [4.69, 9.17) is 22.2 Å². The quantitative estimate of drug-likeness (QED) is 0.477. The van der Waals surface area contributed by atoms with E-state index in [2.05, 4.69) is 9.97 Å². The molecule has 8 nitrogen and oxygen atoms in total. The zero-order valence-corrected chi connectivity index (χ0v) is 18.6. The second-order valence-electron chi connectivity index (χ2n) is 7.54. The van der Waals surface area contributed by atoms with Gasteiger partial charge >= 0.3 is 12.1 Å². The molecule has 1 saturated heterocycles. The van der Waals surface area contributed by atoms with E-state index in [0.717, 1.165) is 11.1 Å². The molecule has 0 radical (unpaired) electrons. The molecule has 0 saturated carbocycles. The van der Waals surface area contributed by atoms with Crippen molar-refractivity contribution in [3.05, 3.63) is 53.1 Å². The average molecular weight is 477 g/mol. The van der Waals surface area contributed by atoms with Gasteiger partial charge in [0.15, 0.2) is 10.8 Å². The number of carbonyl (C=O) groups excluding carboxylic acids is 2. The summed E-state index contributed by atoms with van der Waals surface area (Å²) in [5.41, 5.74) is -2.71. The van der Waals surface area contributed by atoms with E-state index in [1.807, 2.05) is 0 Å². The molecule has 1 amide bonds. The van der Waals surface area contributed by atoms with Crippen LogP contribution in [-0.4, -0.2) is 44.0 Å². The standard InChI is InChI=1S/C21H18F3N5O3S/c1-4-32-17(30)15-6-5-12(9-26-15)11-28-19(33)29(18(31)20(28,2)3)13-7-14(21(22,23)24)16(8-25)27-10-13/h5-7,9-10H,4,11H2,1-3H3. The Balaban J connectivity index is 1.92. The first-order valence-corrected chi connectivity index (χ1v) is 10.1. The van der Waals surface area contributed by atoms with Crippen LogP contribution in [0.4, 0.5) is 18.9 Å². The molecule has 0 unspecified atom stereocenters. The lowest BCUT2D eigenvalue weighted by Crippen LogP contribution is -2.43. The van der Waals surface area contributed by atoms with Crippen LogP contribution in [-0.2, 0) is 22.3 Å². The van der Waals surface area contributed by atoms with Crippen molar-refractivity contribution in [2.75, 3.05) is 11.5 Å². The van der Waals surface area contributed by atoms with Crippen molar-refractivity contribution in [2.24, 2.45) is 0 Å². The fraction of sp³-hybridized carbons (Fsp3) is 0.333. The summed E-state index contributed by atoms with van der Waals surface area (Å²) >= 11 is 5.43. The van der Waals surface area contributed by atoms with Crippen molar-refractivity contribution < 1.29 is 27.5 Å². The van der Waals surface area contributed by atoms with Crippen molar-refractivity contribution in [3.63, 3.8) is 0 Å². The number of hydrogen-bond donors (Lipinski definition) is 0. The predicted molar refractivity (Wildman–Crippen MR) is 114 cm³/mol. The van der Waals surface area contributed by atoms with E-state index in [1.165, 1.54) is 23.2 Å². The Kier molecular flexibility index (Phi) is 6.37. The summed E-state index contributed by atoms with van der Waals surface area (Å²) in [6, 6.07) is 5.18. The molecule has 12 heteroatoms. The molecule has 1 aliphatic rings. The maximum Gasteiger partial charge on any atom is 0.419 e. The minimum atomic E-state index is -4.83. The minimum absolute atomic E-state index is 0.0286. The molecule has 33 heavy (non-hydrogen) atoms. The van der Waals surface area contributed by atoms with E-state index >= 15 is 0 Å². The van der Waals surface area contributed by atoms with E-state index < -0.39 is 34.8 Å². The second-order valence-corrected chi connectivity index (χ2v) is 7.90. The number of aromatic nitrogens is 2. The minimum Gasteiger partial charge on any atom is -0.461 e. The highest BCUT2D eigenvalue weighted by atomic mass is 32.1. The number of nitriles is 1. The van der Waals surface area contributed by atoms with Gasteiger partial charge in [0.1, 0.15) is 17.3 Å². The Hall–Kier alpha value is -3.59. The summed E-state index contributed by atoms with van der Waals surface area (Å²) in [6.07, 6.45) is -2.39. The average Bonchev–Trinajstić information content (AvgIpc) is 2.92. The molecule has 1 fully saturated rings. The molecule has 2 aromatic rings. The van der Waals surface area contributed by atoms with Crippen LogP contribution < -0.4 is 4.90 Å². The highest BCUT2D eigenvalue weighted by molar-refractivity contribution is 7.80. The Labute approximate surface area is 192 Å². The maximum absolute atomic E-state index is 13.4. The van der Waals surface area contributed by atoms with Gasteiger partial charge in [-0.25, -0.2) is 14.8 Å². The number of ether oxygens (including phenoxy) is 1. The van der Waals surface area contributed by atoms with Crippen LogP contribution in [0.1, 0.15) is 48.1 Å². The largest absolute Gasteiger partial charge is 0.461 e. The molecule has 0 bridgehead atoms. The van der Waals surface area contributed by atoms with Crippen molar-refractivity contribution in [1.82, 2.24) is 14.9 Å². The van der Waals surface area contributed by atoms with Crippen LogP contribution in [0, 0.1) is 11.3 Å². The van der Waals surface area contributed by atoms with Gasteiger partial charge in [-0.1, -0.05) is 6.07 Å². The lowest BCUT2D eigenvalue weighted by molar-refractivity contribution is -0.138. The lowest BCUT2D eigenvalue weighted by Gasteiger charge is -2.29. The van der Waals surface area contributed by atoms with Crippen LogP contribution in [0.5, 0.6) is 0 Å². The summed E-state index contributed by atoms with van der Waals surface area (Å²) < 4.78 is 45.0. The molecule has 172 valence electrons. The van der Waals surface area contributed by atoms with E-state index in [1.54, 1.807) is 26.8 Å². The van der Waals surface area contributed by atoms with Gasteiger partial charge in [0.05, 0.1) is 24.1 Å². The Bertz CT molecular complexity index is 1160. The molecule has 3 heterocycles. The molecule has 2 aromatic heterocycles. The van der Waals surface area contributed by atoms with Crippen molar-refractivity contribution in [3.8, 4) is 6.07 Å². The van der Waals surface area contributed by atoms with Gasteiger partial charge in [0.25, 0.3) is 5.91 Å². The van der Waals surface area contributed by atoms with Crippen LogP contribution in [0.25, 0.3) is 0 Å². The molecule has 0 N–H and O–H groups in total. The second kappa shape index (κ2) is 8.74. The number of carbonyl (C=O) groups is 2. The fourth-order valence-corrected chi connectivity index (χ4v) is 3.72. The summed E-state index contributed by atoms with van der Waals surface area (Å²) in [6.45, 7) is 5.16. The molecule has 0 aliphatic carbocycles. The van der Waals surface area contributed by atoms with Crippen LogP contribution in [0.15, 0.2) is 30.6 Å². The van der Waals surface area contributed by atoms with Gasteiger partial charge in [0.2, 0.25) is 0 Å². The molecule has 0 atom stereocenters. The Morgan fingerprint density at radius 2 is 1.97 bits per heavy atom. The molecular formula is C21H18F3N5O3S. The summed E-state index contributed by atoms with van der Waals surface area (Å²) in [7, 11) is 0. The zero-order valence-electron chi connectivity index (χ0n) is 17.8. The lowest BCUT2D eigenvalue weighted by atomic mass is 10.0. The first-order chi connectivity index (χ1) is 15.4. The highest BCUT2D eigenvalue weighted by Gasteiger charge is 2.50. The molecule has 0 spiro atoms. The van der Waals surface area contributed by atoms with Gasteiger partial charge < -0.3 is 9.64 Å². The predicted octanol–water partition coefficient (Wildman–Crippen LogP) is 3.46. The van der Waals surface area contributed by atoms with E-state index in [-0.39, 0.29) is 29.6 Å². The maximum atomic E-state index is 13.4. The fourth-order valence-electron chi connectivity index (χ4n) is 3.24. The van der Waals surface area contributed by atoms with E-state index in [0.29, 0.717) is 11.6 Å². The number of hydrogen-bond acceptors (Lipinski definition) is 7. The third-order valence-corrected chi connectivity index (χ3v) is 5.42. The number of pyridine rings is 2. The topological polar surface area (TPSA) is 99.4 Å². The first kappa shape index (κ1) is 24.1. The Morgan fingerprint density at radius 3 is 2.52 bits per heavy atom. The first-order valence-electron chi connectivity index (χ1n) is 9.67. The third kappa shape index (κ3) is 4.49. The van der Waals surface area contributed by atoms with Gasteiger partial charge in [-0.15, -0.1) is 0 Å². The normalized spacial score (nSPS) is 15.5. The van der Waals surface area contributed by atoms with E-state index in [9.17, 15) is 22.8 Å². The van der Waals surface area contributed by atoms with Gasteiger partial charge in [-0.05, 0) is 50.7 Å². The number of thiocarbonyl (C=S) groups is 1. The number of rotatable bonds is 5. The third-order valence-electron chi connectivity index (χ3n) is 5.02. The SMILES string of the molecule is CCOC(=O)c1ccc(CN2C(=S)N(c3cnc(C#N)c(C(F)(F)F)c3)C(=O)C2(C)C)cn1. The zero-order chi connectivity index (χ0) is 24.6. The summed E-state index contributed by atoms with van der Waals surface area (Å²) in [4.78, 5) is 35.0. The monoisotopic (exact) mass is 477 g/mol. The number of anilines is 1. The van der Waals surface area contributed by atoms with Gasteiger partial charge in [-0.2, -0.15) is 18.4 Å².